The molecule has 0 spiro atoms. The van der Waals surface area contributed by atoms with Crippen LogP contribution < -0.4 is 10.1 Å². The normalized spacial score (nSPS) is 10.7. The van der Waals surface area contributed by atoms with Gasteiger partial charge in [0.15, 0.2) is 0 Å². The molecule has 160 valence electrons. The minimum Gasteiger partial charge on any atom is -0.457 e. The van der Waals surface area contributed by atoms with Gasteiger partial charge < -0.3 is 10.1 Å². The van der Waals surface area contributed by atoms with Crippen molar-refractivity contribution in [3.8, 4) is 22.6 Å². The fourth-order valence-corrected chi connectivity index (χ4v) is 4.82. The number of carbonyl (C=O) groups excluding carboxylic acids is 1. The van der Waals surface area contributed by atoms with E-state index in [9.17, 15) is 4.79 Å². The van der Waals surface area contributed by atoms with Crippen LogP contribution in [0.25, 0.3) is 32.1 Å². The lowest BCUT2D eigenvalue weighted by atomic mass is 10.0. The molecule has 32 heavy (non-hydrogen) atoms. The third-order valence-electron chi connectivity index (χ3n) is 5.23. The third-order valence-corrected chi connectivity index (χ3v) is 6.30. The second kappa shape index (κ2) is 8.77. The number of nitrogens with one attached hydrogen (secondary N) is 1. The highest BCUT2D eigenvalue weighted by molar-refractivity contribution is 7.19. The minimum absolute atomic E-state index is 0. The summed E-state index contributed by atoms with van der Waals surface area (Å²) in [4.78, 5) is 21.8. The average Bonchev–Trinajstić information content (AvgIpc) is 3.14. The highest BCUT2D eigenvalue weighted by Crippen LogP contribution is 2.36. The molecule has 3 heterocycles. The van der Waals surface area contributed by atoms with Crippen molar-refractivity contribution in [3.05, 3.63) is 83.6 Å². The molecule has 1 amide bonds. The van der Waals surface area contributed by atoms with Crippen LogP contribution in [-0.2, 0) is 0 Å². The van der Waals surface area contributed by atoms with Crippen LogP contribution in [0.2, 0.25) is 0 Å². The van der Waals surface area contributed by atoms with E-state index in [1.165, 1.54) is 0 Å². The summed E-state index contributed by atoms with van der Waals surface area (Å²) in [5, 5.41) is 4.59. The van der Waals surface area contributed by atoms with Crippen LogP contribution >= 0.6 is 11.3 Å². The molecular weight excluding hydrogens is 418 g/mol. The fraction of sp³-hybridized carbons (Fsp3) is 0.115. The lowest BCUT2D eigenvalue weighted by Gasteiger charge is -2.10. The van der Waals surface area contributed by atoms with Gasteiger partial charge >= 0.3 is 0 Å². The predicted molar refractivity (Wildman–Crippen MR) is 132 cm³/mol. The number of nitrogens with zero attached hydrogens (tertiary/aromatic N) is 2. The number of ether oxygens (including phenoxy) is 1. The molecule has 0 aliphatic heterocycles. The lowest BCUT2D eigenvalue weighted by molar-refractivity contribution is 0.0964. The Morgan fingerprint density at radius 2 is 1.75 bits per heavy atom. The molecule has 5 nitrogen and oxygen atoms in total. The Bertz CT molecular complexity index is 1430. The summed E-state index contributed by atoms with van der Waals surface area (Å²) >= 11 is 1.59. The van der Waals surface area contributed by atoms with Gasteiger partial charge in [-0.3, -0.25) is 14.8 Å². The quantitative estimate of drug-likeness (QED) is 0.341. The van der Waals surface area contributed by atoms with Crippen molar-refractivity contribution in [2.75, 3.05) is 7.05 Å². The Morgan fingerprint density at radius 3 is 2.53 bits per heavy atom. The number of carbonyl (C=O) groups is 1. The van der Waals surface area contributed by atoms with Crippen LogP contribution in [0.5, 0.6) is 11.5 Å². The molecule has 0 unspecified atom stereocenters. The van der Waals surface area contributed by atoms with Gasteiger partial charge in [0, 0.05) is 46.0 Å². The number of benzene rings is 2. The first-order valence-electron chi connectivity index (χ1n) is 9.86. The van der Waals surface area contributed by atoms with Gasteiger partial charge in [-0.15, -0.1) is 11.3 Å². The maximum atomic E-state index is 12.2. The SMILES string of the molecule is C.CNC(=O)c1c(C)sc2cc(Oc3ccnc4ccc(-c5ccncc5)cc34)ccc12. The molecule has 0 aliphatic carbocycles. The van der Waals surface area contributed by atoms with E-state index in [2.05, 4.69) is 27.4 Å². The zero-order valence-electron chi connectivity index (χ0n) is 17.0. The van der Waals surface area contributed by atoms with E-state index in [1.54, 1.807) is 37.0 Å². The largest absolute Gasteiger partial charge is 0.457 e. The molecule has 6 heteroatoms. The zero-order chi connectivity index (χ0) is 21.4. The van der Waals surface area contributed by atoms with Crippen molar-refractivity contribution in [2.24, 2.45) is 0 Å². The number of hydrogen-bond donors (Lipinski definition) is 1. The minimum atomic E-state index is -0.0683. The molecule has 3 aromatic heterocycles. The maximum Gasteiger partial charge on any atom is 0.252 e. The van der Waals surface area contributed by atoms with Crippen LogP contribution in [0.3, 0.4) is 0 Å². The molecule has 2 aromatic carbocycles. The molecule has 0 fully saturated rings. The zero-order valence-corrected chi connectivity index (χ0v) is 17.9. The lowest BCUT2D eigenvalue weighted by Crippen LogP contribution is -2.18. The highest BCUT2D eigenvalue weighted by Gasteiger charge is 2.16. The van der Waals surface area contributed by atoms with Gasteiger partial charge in [-0.05, 0) is 66.6 Å². The number of pyridine rings is 2. The van der Waals surface area contributed by atoms with Crippen LogP contribution in [0.15, 0.2) is 73.2 Å². The van der Waals surface area contributed by atoms with Crippen molar-refractivity contribution in [2.45, 2.75) is 14.4 Å². The van der Waals surface area contributed by atoms with E-state index >= 15 is 0 Å². The fourth-order valence-electron chi connectivity index (χ4n) is 3.73. The maximum absolute atomic E-state index is 12.2. The number of thiophene rings is 1. The molecule has 0 saturated heterocycles. The van der Waals surface area contributed by atoms with E-state index in [0.717, 1.165) is 54.1 Å². The van der Waals surface area contributed by atoms with Crippen molar-refractivity contribution >= 4 is 38.2 Å². The molecule has 0 aliphatic rings. The summed E-state index contributed by atoms with van der Waals surface area (Å²) in [5.41, 5.74) is 3.76. The van der Waals surface area contributed by atoms with Crippen LogP contribution in [0.1, 0.15) is 22.7 Å². The van der Waals surface area contributed by atoms with Crippen LogP contribution in [0, 0.1) is 6.92 Å². The predicted octanol–water partition coefficient (Wildman–Crippen LogP) is 6.61. The number of aryl methyl sites for hydroxylation is 1. The number of aromatic nitrogens is 2. The molecular formula is C26H23N3O2S. The Morgan fingerprint density at radius 1 is 0.938 bits per heavy atom. The molecule has 0 radical (unpaired) electrons. The first kappa shape index (κ1) is 21.5. The number of amides is 1. The van der Waals surface area contributed by atoms with Crippen molar-refractivity contribution in [1.29, 1.82) is 0 Å². The first-order chi connectivity index (χ1) is 15.1. The Balaban J connectivity index is 0.00000245. The van der Waals surface area contributed by atoms with Gasteiger partial charge in [0.25, 0.3) is 5.91 Å². The summed E-state index contributed by atoms with van der Waals surface area (Å²) in [7, 11) is 1.65. The van der Waals surface area contributed by atoms with Gasteiger partial charge in [0.05, 0.1) is 11.1 Å². The molecule has 5 aromatic rings. The molecule has 0 bridgehead atoms. The number of hydrogen-bond acceptors (Lipinski definition) is 5. The van der Waals surface area contributed by atoms with Crippen molar-refractivity contribution in [1.82, 2.24) is 15.3 Å². The van der Waals surface area contributed by atoms with Crippen LogP contribution in [0.4, 0.5) is 0 Å². The Labute approximate surface area is 190 Å². The van der Waals surface area contributed by atoms with E-state index in [-0.39, 0.29) is 13.3 Å². The summed E-state index contributed by atoms with van der Waals surface area (Å²) in [5.74, 6) is 1.39. The molecule has 0 atom stereocenters. The van der Waals surface area contributed by atoms with Crippen LogP contribution in [-0.4, -0.2) is 22.9 Å². The van der Waals surface area contributed by atoms with Gasteiger partial charge in [0.2, 0.25) is 0 Å². The topological polar surface area (TPSA) is 64.1 Å². The highest BCUT2D eigenvalue weighted by atomic mass is 32.1. The Kier molecular flexibility index (Phi) is 5.88. The summed E-state index contributed by atoms with van der Waals surface area (Å²) in [6.07, 6.45) is 5.32. The van der Waals surface area contributed by atoms with E-state index in [4.69, 9.17) is 4.74 Å². The van der Waals surface area contributed by atoms with Gasteiger partial charge in [-0.25, -0.2) is 0 Å². The van der Waals surface area contributed by atoms with Gasteiger partial charge in [-0.1, -0.05) is 13.5 Å². The molecule has 1 N–H and O–H groups in total. The monoisotopic (exact) mass is 441 g/mol. The second-order valence-corrected chi connectivity index (χ2v) is 8.41. The van der Waals surface area contributed by atoms with Crippen molar-refractivity contribution < 1.29 is 9.53 Å². The standard InChI is InChI=1S/C25H19N3O2S.CH4/c1-15-24(25(29)26-2)19-5-4-18(14-23(19)31-15)30-22-9-12-28-21-6-3-17(13-20(21)22)16-7-10-27-11-8-16;/h3-14H,1-2H3,(H,26,29);1H4. The number of fused-ring (bicyclic) bond motifs is 2. The second-order valence-electron chi connectivity index (χ2n) is 7.15. The van der Waals surface area contributed by atoms with E-state index in [0.29, 0.717) is 0 Å². The average molecular weight is 442 g/mol. The van der Waals surface area contributed by atoms with Gasteiger partial charge in [-0.2, -0.15) is 0 Å². The molecule has 5 rings (SSSR count). The van der Waals surface area contributed by atoms with E-state index < -0.39 is 0 Å². The third kappa shape index (κ3) is 3.81. The Hall–Kier alpha value is -3.77. The summed E-state index contributed by atoms with van der Waals surface area (Å²) < 4.78 is 7.30. The summed E-state index contributed by atoms with van der Waals surface area (Å²) in [6.45, 7) is 1.97. The van der Waals surface area contributed by atoms with Crippen molar-refractivity contribution in [3.63, 3.8) is 0 Å². The summed E-state index contributed by atoms with van der Waals surface area (Å²) in [6, 6.07) is 17.8. The smallest absolute Gasteiger partial charge is 0.252 e. The molecule has 0 saturated carbocycles. The number of rotatable bonds is 4. The van der Waals surface area contributed by atoms with E-state index in [1.807, 2.05) is 49.4 Å². The van der Waals surface area contributed by atoms with Gasteiger partial charge in [0.1, 0.15) is 11.5 Å². The first-order valence-corrected chi connectivity index (χ1v) is 10.7.